The van der Waals surface area contributed by atoms with Crippen molar-refractivity contribution in [3.63, 3.8) is 0 Å². The predicted octanol–water partition coefficient (Wildman–Crippen LogP) is 2.98. The number of ether oxygens (including phenoxy) is 3. The lowest BCUT2D eigenvalue weighted by Gasteiger charge is -2.12. The summed E-state index contributed by atoms with van der Waals surface area (Å²) < 4.78 is 16.3. The number of rotatable bonds is 6. The number of benzene rings is 2. The van der Waals surface area contributed by atoms with Crippen molar-refractivity contribution in [1.82, 2.24) is 10.9 Å². The molecule has 0 aliphatic carbocycles. The number of carbonyl (C=O) groups is 2. The first-order valence-corrected chi connectivity index (χ1v) is 9.23. The third-order valence-corrected chi connectivity index (χ3v) is 4.51. The second kappa shape index (κ2) is 9.43. The van der Waals surface area contributed by atoms with Crippen LogP contribution in [0, 0.1) is 0 Å². The van der Waals surface area contributed by atoms with E-state index in [1.807, 2.05) is 0 Å². The zero-order valence-corrected chi connectivity index (χ0v) is 16.1. The molecule has 8 heteroatoms. The molecule has 1 aliphatic heterocycles. The number of nitrogens with one attached hydrogen (secondary N) is 2. The maximum atomic E-state index is 12.3. The Morgan fingerprint density at radius 1 is 1.14 bits per heavy atom. The van der Waals surface area contributed by atoms with Crippen LogP contribution in [0.15, 0.2) is 42.5 Å². The summed E-state index contributed by atoms with van der Waals surface area (Å²) in [4.78, 5) is 24.5. The van der Waals surface area contributed by atoms with Crippen LogP contribution in [-0.2, 0) is 4.74 Å². The maximum absolute atomic E-state index is 12.3. The molecule has 2 N–H and O–H groups in total. The van der Waals surface area contributed by atoms with E-state index in [0.29, 0.717) is 28.7 Å². The second-order valence-electron chi connectivity index (χ2n) is 6.22. The standard InChI is InChI=1S/C20H21ClN2O5/c1-26-18-9-6-14(21)11-17(18)20(25)23-22-19(24)13-4-7-15(8-5-13)28-12-16-3-2-10-27-16/h4-9,11,16H,2-3,10,12H2,1H3,(H,22,24)(H,23,25). The van der Waals surface area contributed by atoms with E-state index in [0.717, 1.165) is 19.4 Å². The molecule has 1 aliphatic rings. The lowest BCUT2D eigenvalue weighted by atomic mass is 10.2. The van der Waals surface area contributed by atoms with Crippen molar-refractivity contribution in [2.75, 3.05) is 20.3 Å². The summed E-state index contributed by atoms with van der Waals surface area (Å²) in [6.07, 6.45) is 2.18. The Hall–Kier alpha value is -2.77. The van der Waals surface area contributed by atoms with Gasteiger partial charge in [-0.2, -0.15) is 0 Å². The molecular formula is C20H21ClN2O5. The van der Waals surface area contributed by atoms with E-state index in [2.05, 4.69) is 10.9 Å². The molecule has 2 amide bonds. The first-order chi connectivity index (χ1) is 13.6. The Kier molecular flexibility index (Phi) is 6.73. The lowest BCUT2D eigenvalue weighted by Crippen LogP contribution is -2.41. The molecule has 148 valence electrons. The van der Waals surface area contributed by atoms with Gasteiger partial charge in [-0.25, -0.2) is 0 Å². The lowest BCUT2D eigenvalue weighted by molar-refractivity contribution is 0.0679. The number of hydrazine groups is 1. The van der Waals surface area contributed by atoms with Crippen LogP contribution in [0.3, 0.4) is 0 Å². The molecule has 28 heavy (non-hydrogen) atoms. The molecule has 1 saturated heterocycles. The molecule has 0 bridgehead atoms. The Balaban J connectivity index is 1.53. The molecule has 0 saturated carbocycles. The topological polar surface area (TPSA) is 85.9 Å². The Labute approximate surface area is 167 Å². The van der Waals surface area contributed by atoms with Crippen molar-refractivity contribution in [3.05, 3.63) is 58.6 Å². The molecule has 2 aromatic rings. The van der Waals surface area contributed by atoms with Crippen molar-refractivity contribution in [3.8, 4) is 11.5 Å². The fraction of sp³-hybridized carbons (Fsp3) is 0.300. The molecule has 1 atom stereocenters. The summed E-state index contributed by atoms with van der Waals surface area (Å²) in [5, 5.41) is 0.385. The maximum Gasteiger partial charge on any atom is 0.273 e. The molecule has 0 aromatic heterocycles. The molecular weight excluding hydrogens is 384 g/mol. The summed E-state index contributed by atoms with van der Waals surface area (Å²) in [6.45, 7) is 1.27. The Morgan fingerprint density at radius 3 is 2.57 bits per heavy atom. The van der Waals surface area contributed by atoms with E-state index >= 15 is 0 Å². The second-order valence-corrected chi connectivity index (χ2v) is 6.66. The summed E-state index contributed by atoms with van der Waals surface area (Å²) >= 11 is 5.92. The van der Waals surface area contributed by atoms with Crippen LogP contribution in [0.5, 0.6) is 11.5 Å². The van der Waals surface area contributed by atoms with E-state index in [1.54, 1.807) is 36.4 Å². The number of hydrogen-bond donors (Lipinski definition) is 2. The molecule has 0 radical (unpaired) electrons. The minimum atomic E-state index is -0.538. The van der Waals surface area contributed by atoms with Gasteiger partial charge in [0.1, 0.15) is 18.1 Å². The number of methoxy groups -OCH3 is 1. The summed E-state index contributed by atoms with van der Waals surface area (Å²) in [7, 11) is 1.45. The average molecular weight is 405 g/mol. The van der Waals surface area contributed by atoms with Gasteiger partial charge in [-0.3, -0.25) is 20.4 Å². The van der Waals surface area contributed by atoms with Crippen LogP contribution in [0.25, 0.3) is 0 Å². The van der Waals surface area contributed by atoms with Gasteiger partial charge < -0.3 is 14.2 Å². The van der Waals surface area contributed by atoms with Gasteiger partial charge in [0, 0.05) is 17.2 Å². The van der Waals surface area contributed by atoms with Gasteiger partial charge in [0.05, 0.1) is 18.8 Å². The van der Waals surface area contributed by atoms with Crippen molar-refractivity contribution >= 4 is 23.4 Å². The van der Waals surface area contributed by atoms with Crippen LogP contribution < -0.4 is 20.3 Å². The average Bonchev–Trinajstić information content (AvgIpc) is 3.24. The highest BCUT2D eigenvalue weighted by Crippen LogP contribution is 2.22. The van der Waals surface area contributed by atoms with Gasteiger partial charge in [-0.15, -0.1) is 0 Å². The Bertz CT molecular complexity index is 835. The highest BCUT2D eigenvalue weighted by atomic mass is 35.5. The summed E-state index contributed by atoms with van der Waals surface area (Å²) in [5.41, 5.74) is 5.31. The largest absolute Gasteiger partial charge is 0.496 e. The fourth-order valence-corrected chi connectivity index (χ4v) is 2.95. The van der Waals surface area contributed by atoms with Gasteiger partial charge in [0.2, 0.25) is 0 Å². The first kappa shape index (κ1) is 20.0. The minimum Gasteiger partial charge on any atom is -0.496 e. The summed E-state index contributed by atoms with van der Waals surface area (Å²) in [6, 6.07) is 11.3. The van der Waals surface area contributed by atoms with Crippen molar-refractivity contribution in [2.45, 2.75) is 18.9 Å². The third kappa shape index (κ3) is 5.15. The Morgan fingerprint density at radius 2 is 1.89 bits per heavy atom. The smallest absolute Gasteiger partial charge is 0.273 e. The third-order valence-electron chi connectivity index (χ3n) is 4.27. The first-order valence-electron chi connectivity index (χ1n) is 8.85. The van der Waals surface area contributed by atoms with Crippen molar-refractivity contribution in [2.24, 2.45) is 0 Å². The number of hydrogen-bond acceptors (Lipinski definition) is 5. The fourth-order valence-electron chi connectivity index (χ4n) is 2.78. The zero-order chi connectivity index (χ0) is 19.9. The van der Waals surface area contributed by atoms with E-state index in [1.165, 1.54) is 13.2 Å². The highest BCUT2D eigenvalue weighted by Gasteiger charge is 2.17. The van der Waals surface area contributed by atoms with E-state index in [9.17, 15) is 9.59 Å². The predicted molar refractivity (Wildman–Crippen MR) is 104 cm³/mol. The molecule has 0 spiro atoms. The van der Waals surface area contributed by atoms with Crippen LogP contribution in [0.4, 0.5) is 0 Å². The van der Waals surface area contributed by atoms with Gasteiger partial charge in [0.15, 0.2) is 0 Å². The zero-order valence-electron chi connectivity index (χ0n) is 15.4. The van der Waals surface area contributed by atoms with Gasteiger partial charge in [-0.05, 0) is 55.3 Å². The van der Waals surface area contributed by atoms with Crippen molar-refractivity contribution in [1.29, 1.82) is 0 Å². The molecule has 2 aromatic carbocycles. The molecule has 1 unspecified atom stereocenters. The molecule has 1 fully saturated rings. The van der Waals surface area contributed by atoms with Crippen LogP contribution in [0.1, 0.15) is 33.6 Å². The quantitative estimate of drug-likeness (QED) is 0.723. The summed E-state index contributed by atoms with van der Waals surface area (Å²) in [5.74, 6) is 0.00730. The van der Waals surface area contributed by atoms with E-state index in [-0.39, 0.29) is 11.7 Å². The monoisotopic (exact) mass is 404 g/mol. The normalized spacial score (nSPS) is 15.7. The van der Waals surface area contributed by atoms with Gasteiger partial charge in [-0.1, -0.05) is 11.6 Å². The number of halogens is 1. The number of amides is 2. The SMILES string of the molecule is COc1ccc(Cl)cc1C(=O)NNC(=O)c1ccc(OCC2CCCO2)cc1. The van der Waals surface area contributed by atoms with Crippen LogP contribution >= 0.6 is 11.6 Å². The van der Waals surface area contributed by atoms with E-state index in [4.69, 9.17) is 25.8 Å². The van der Waals surface area contributed by atoms with Crippen LogP contribution in [-0.4, -0.2) is 38.2 Å². The molecule has 7 nitrogen and oxygen atoms in total. The van der Waals surface area contributed by atoms with Crippen LogP contribution in [0.2, 0.25) is 5.02 Å². The molecule has 3 rings (SSSR count). The number of carbonyl (C=O) groups excluding carboxylic acids is 2. The highest BCUT2D eigenvalue weighted by molar-refractivity contribution is 6.31. The van der Waals surface area contributed by atoms with Gasteiger partial charge >= 0.3 is 0 Å². The van der Waals surface area contributed by atoms with Gasteiger partial charge in [0.25, 0.3) is 11.8 Å². The molecule has 1 heterocycles. The van der Waals surface area contributed by atoms with E-state index < -0.39 is 11.8 Å². The minimum absolute atomic E-state index is 0.127. The van der Waals surface area contributed by atoms with Crippen molar-refractivity contribution < 1.29 is 23.8 Å².